The largest absolute Gasteiger partial charge is 0.399 e. The lowest BCUT2D eigenvalue weighted by Crippen LogP contribution is -2.39. The van der Waals surface area contributed by atoms with Crippen LogP contribution in [0.3, 0.4) is 0 Å². The first-order chi connectivity index (χ1) is 17.0. The molecule has 0 aliphatic carbocycles. The van der Waals surface area contributed by atoms with Crippen molar-refractivity contribution in [2.75, 3.05) is 7.11 Å². The number of fused-ring (bicyclic) bond motifs is 1. The van der Waals surface area contributed by atoms with Gasteiger partial charge in [0.15, 0.2) is 15.6 Å². The molecule has 1 unspecified atom stereocenters. The lowest BCUT2D eigenvalue weighted by molar-refractivity contribution is 0.0986. The molecular weight excluding hydrogens is 506 g/mol. The van der Waals surface area contributed by atoms with Gasteiger partial charge in [0.1, 0.15) is 22.8 Å². The number of carbonyl (C=O) groups is 1. The molecule has 0 saturated carbocycles. The van der Waals surface area contributed by atoms with Crippen LogP contribution in [0, 0.1) is 13.8 Å². The lowest BCUT2D eigenvalue weighted by Gasteiger charge is -2.27. The fraction of sp³-hybridized carbons (Fsp3) is 0.292. The van der Waals surface area contributed by atoms with E-state index in [1.165, 1.54) is 36.1 Å². The maximum absolute atomic E-state index is 13.7. The van der Waals surface area contributed by atoms with Gasteiger partial charge in [0.05, 0.1) is 16.8 Å². The first-order valence-corrected chi connectivity index (χ1v) is 14.0. The summed E-state index contributed by atoms with van der Waals surface area (Å²) in [6, 6.07) is 10.9. The van der Waals surface area contributed by atoms with Crippen LogP contribution in [0.1, 0.15) is 40.4 Å². The van der Waals surface area contributed by atoms with Crippen molar-refractivity contribution in [1.29, 1.82) is 0 Å². The van der Waals surface area contributed by atoms with Gasteiger partial charge in [-0.3, -0.25) is 4.79 Å². The average Bonchev–Trinajstić information content (AvgIpc) is 3.24. The Bertz CT molecular complexity index is 1580. The van der Waals surface area contributed by atoms with E-state index in [2.05, 4.69) is 10.3 Å². The molecule has 36 heavy (non-hydrogen) atoms. The van der Waals surface area contributed by atoms with E-state index in [1.807, 2.05) is 0 Å². The van der Waals surface area contributed by atoms with Gasteiger partial charge in [0.2, 0.25) is 5.88 Å². The molecule has 3 aromatic rings. The molecule has 0 bridgehead atoms. The van der Waals surface area contributed by atoms with Crippen molar-refractivity contribution in [3.05, 3.63) is 70.9 Å². The number of hydrogen-bond donors (Lipinski definition) is 0. The minimum atomic E-state index is -4.32. The van der Waals surface area contributed by atoms with Gasteiger partial charge in [-0.15, -0.1) is 0 Å². The molecule has 1 atom stereocenters. The molecule has 2 heterocycles. The molecule has 0 saturated heterocycles. The molecule has 1 aromatic heterocycles. The third-order valence-electron chi connectivity index (χ3n) is 5.96. The van der Waals surface area contributed by atoms with E-state index in [9.17, 15) is 21.6 Å². The summed E-state index contributed by atoms with van der Waals surface area (Å²) in [4.78, 5) is 18.6. The van der Waals surface area contributed by atoms with Gasteiger partial charge in [-0.25, -0.2) is 13.1 Å². The summed E-state index contributed by atoms with van der Waals surface area (Å²) in [7, 11) is -7.15. The first-order valence-electron chi connectivity index (χ1n) is 11.1. The van der Waals surface area contributed by atoms with Crippen LogP contribution in [-0.2, 0) is 31.3 Å². The number of aryl methyl sites for hydroxylation is 3. The summed E-state index contributed by atoms with van der Waals surface area (Å²) in [5.41, 5.74) is 1.61. The van der Waals surface area contributed by atoms with Crippen LogP contribution in [-0.4, -0.2) is 50.5 Å². The summed E-state index contributed by atoms with van der Waals surface area (Å²) in [5.74, 6) is -1.19. The van der Waals surface area contributed by atoms with Crippen LogP contribution >= 0.6 is 0 Å². The number of nitrogens with zero attached hydrogens (tertiary/aromatic N) is 3. The monoisotopic (exact) mass is 531 g/mol. The zero-order chi connectivity index (χ0) is 26.3. The van der Waals surface area contributed by atoms with Gasteiger partial charge in [-0.1, -0.05) is 35.5 Å². The smallest absolute Gasteiger partial charge is 0.340 e. The Kier molecular flexibility index (Phi) is 6.76. The number of sulfone groups is 1. The highest BCUT2D eigenvalue weighted by molar-refractivity contribution is 7.93. The number of benzene rings is 2. The van der Waals surface area contributed by atoms with Gasteiger partial charge in [-0.05, 0) is 44.0 Å². The Morgan fingerprint density at radius 3 is 2.44 bits per heavy atom. The fourth-order valence-corrected chi connectivity index (χ4v) is 7.36. The maximum Gasteiger partial charge on any atom is 0.340 e. The molecule has 4 rings (SSSR count). The predicted molar refractivity (Wildman–Crippen MR) is 132 cm³/mol. The quantitative estimate of drug-likeness (QED) is 0.258. The van der Waals surface area contributed by atoms with E-state index in [4.69, 9.17) is 9.02 Å². The van der Waals surface area contributed by atoms with Crippen molar-refractivity contribution in [1.82, 2.24) is 9.78 Å². The highest BCUT2D eigenvalue weighted by Gasteiger charge is 2.45. The molecule has 0 radical (unpaired) electrons. The Morgan fingerprint density at radius 1 is 1.14 bits per heavy atom. The lowest BCUT2D eigenvalue weighted by atomic mass is 9.95. The van der Waals surface area contributed by atoms with Gasteiger partial charge in [0, 0.05) is 18.5 Å². The molecule has 10 nitrogen and oxygen atoms in total. The zero-order valence-electron chi connectivity index (χ0n) is 20.1. The third-order valence-corrected chi connectivity index (χ3v) is 9.41. The standard InChI is InChI=1S/C24H25N3O7S2/c1-5-27-24(34-36(31,32)17-9-7-6-8-10-17)18(14-25-27)22(28)20-13-19(26-33-4)21-15(2)11-12-16(3)23(21)35(20,29)30/h6-12,14,20H,5,13H2,1-4H3/b26-19+. The summed E-state index contributed by atoms with van der Waals surface area (Å²) in [5, 5.41) is 6.50. The Labute approximate surface area is 209 Å². The average molecular weight is 532 g/mol. The van der Waals surface area contributed by atoms with Crippen LogP contribution in [0.4, 0.5) is 0 Å². The predicted octanol–water partition coefficient (Wildman–Crippen LogP) is 3.07. The van der Waals surface area contributed by atoms with Crippen LogP contribution < -0.4 is 4.18 Å². The van der Waals surface area contributed by atoms with Gasteiger partial charge in [-0.2, -0.15) is 13.5 Å². The number of aromatic nitrogens is 2. The molecule has 190 valence electrons. The summed E-state index contributed by atoms with van der Waals surface area (Å²) >= 11 is 0. The summed E-state index contributed by atoms with van der Waals surface area (Å²) in [6.45, 7) is 5.27. The van der Waals surface area contributed by atoms with E-state index < -0.39 is 31.0 Å². The van der Waals surface area contributed by atoms with Crippen molar-refractivity contribution < 1.29 is 30.7 Å². The van der Waals surface area contributed by atoms with E-state index in [0.717, 1.165) is 6.20 Å². The maximum atomic E-state index is 13.7. The second-order valence-electron chi connectivity index (χ2n) is 8.26. The van der Waals surface area contributed by atoms with Crippen molar-refractivity contribution >= 4 is 31.5 Å². The number of rotatable bonds is 7. The fourth-order valence-electron chi connectivity index (χ4n) is 4.24. The second-order valence-corrected chi connectivity index (χ2v) is 11.9. The highest BCUT2D eigenvalue weighted by Crippen LogP contribution is 2.37. The minimum absolute atomic E-state index is 0.00478. The number of hydrogen-bond acceptors (Lipinski definition) is 9. The topological polar surface area (TPSA) is 134 Å². The van der Waals surface area contributed by atoms with Crippen molar-refractivity contribution in [3.63, 3.8) is 0 Å². The van der Waals surface area contributed by atoms with E-state index in [0.29, 0.717) is 22.4 Å². The third kappa shape index (κ3) is 4.30. The number of ketones is 1. The van der Waals surface area contributed by atoms with Gasteiger partial charge >= 0.3 is 10.1 Å². The van der Waals surface area contributed by atoms with Crippen LogP contribution in [0.2, 0.25) is 0 Å². The van der Waals surface area contributed by atoms with Gasteiger partial charge in [0.25, 0.3) is 0 Å². The van der Waals surface area contributed by atoms with Crippen LogP contribution in [0.5, 0.6) is 5.88 Å². The molecule has 2 aromatic carbocycles. The molecule has 12 heteroatoms. The van der Waals surface area contributed by atoms with Crippen LogP contribution in [0.15, 0.2) is 63.6 Å². The van der Waals surface area contributed by atoms with Crippen molar-refractivity contribution in [2.24, 2.45) is 5.16 Å². The van der Waals surface area contributed by atoms with E-state index in [1.54, 1.807) is 39.0 Å². The SMILES string of the molecule is CCn1ncc(C(=O)C2C/C(=N\OC)c3c(C)ccc(C)c3S2(=O)=O)c1OS(=O)(=O)c1ccccc1. The number of Topliss-reactive ketones (excluding diaryl/α,β-unsaturated/α-hetero) is 1. The molecule has 0 N–H and O–H groups in total. The van der Waals surface area contributed by atoms with E-state index >= 15 is 0 Å². The number of oxime groups is 1. The molecule has 1 aliphatic heterocycles. The van der Waals surface area contributed by atoms with E-state index in [-0.39, 0.29) is 34.2 Å². The van der Waals surface area contributed by atoms with Crippen LogP contribution in [0.25, 0.3) is 0 Å². The Hall–Kier alpha value is -3.51. The zero-order valence-corrected chi connectivity index (χ0v) is 21.8. The molecular formula is C24H25N3O7S2. The Morgan fingerprint density at radius 2 is 1.81 bits per heavy atom. The Balaban J connectivity index is 1.83. The molecule has 1 aliphatic rings. The van der Waals surface area contributed by atoms with Crippen molar-refractivity contribution in [2.45, 2.75) is 48.8 Å². The summed E-state index contributed by atoms with van der Waals surface area (Å²) in [6.07, 6.45) is 0.872. The molecule has 0 amide bonds. The minimum Gasteiger partial charge on any atom is -0.399 e. The molecule has 0 fully saturated rings. The molecule has 0 spiro atoms. The second kappa shape index (κ2) is 9.51. The number of carbonyl (C=O) groups excluding carboxylic acids is 1. The normalized spacial score (nSPS) is 18.0. The van der Waals surface area contributed by atoms with Crippen molar-refractivity contribution in [3.8, 4) is 5.88 Å². The summed E-state index contributed by atoms with van der Waals surface area (Å²) < 4.78 is 59.8. The van der Waals surface area contributed by atoms with Gasteiger partial charge < -0.3 is 9.02 Å². The first kappa shape index (κ1) is 25.6. The highest BCUT2D eigenvalue weighted by atomic mass is 32.2.